The maximum atomic E-state index is 10.4. The number of hydrogen-bond donors (Lipinski definition) is 2. The molecule has 3 saturated heterocycles. The molecule has 3 fully saturated rings. The molecule has 0 spiro atoms. The van der Waals surface area contributed by atoms with Crippen molar-refractivity contribution in [1.82, 2.24) is 19.6 Å². The Balaban J connectivity index is 1.32. The summed E-state index contributed by atoms with van der Waals surface area (Å²) in [7, 11) is 0. The van der Waals surface area contributed by atoms with Gasteiger partial charge in [0.25, 0.3) is 0 Å². The Morgan fingerprint density at radius 1 is 0.519 bits per heavy atom. The fraction of sp³-hybridized carbons (Fsp3) is 1.00. The van der Waals surface area contributed by atoms with Crippen molar-refractivity contribution in [2.45, 2.75) is 18.6 Å². The molecule has 3 aliphatic rings. The molecular weight excluding hydrogens is 348 g/mol. The Bertz CT molecular complexity index is 369. The molecule has 0 saturated carbocycles. The summed E-state index contributed by atoms with van der Waals surface area (Å²) in [6, 6.07) is 0. The molecule has 2 N–H and O–H groups in total. The van der Waals surface area contributed by atoms with E-state index in [1.54, 1.807) is 0 Å². The molecule has 3 heterocycles. The van der Waals surface area contributed by atoms with Gasteiger partial charge < -0.3 is 19.7 Å². The summed E-state index contributed by atoms with van der Waals surface area (Å²) >= 11 is 0. The Labute approximate surface area is 163 Å². The van der Waals surface area contributed by atoms with Gasteiger partial charge in [-0.25, -0.2) is 0 Å². The van der Waals surface area contributed by atoms with Crippen LogP contribution in [-0.2, 0) is 9.47 Å². The van der Waals surface area contributed by atoms with Crippen molar-refractivity contribution in [1.29, 1.82) is 0 Å². The zero-order valence-corrected chi connectivity index (χ0v) is 16.7. The van der Waals surface area contributed by atoms with E-state index in [0.29, 0.717) is 0 Å². The molecule has 2 unspecified atom stereocenters. The molecule has 3 rings (SSSR count). The van der Waals surface area contributed by atoms with E-state index in [9.17, 15) is 10.2 Å². The lowest BCUT2D eigenvalue weighted by atomic mass is 10.2. The van der Waals surface area contributed by atoms with Gasteiger partial charge in [0.2, 0.25) is 0 Å². The van der Waals surface area contributed by atoms with E-state index < -0.39 is 0 Å². The van der Waals surface area contributed by atoms with E-state index in [0.717, 1.165) is 111 Å². The van der Waals surface area contributed by atoms with Gasteiger partial charge in [0.1, 0.15) is 0 Å². The zero-order chi connectivity index (χ0) is 18.9. The van der Waals surface area contributed by atoms with E-state index >= 15 is 0 Å². The predicted molar refractivity (Wildman–Crippen MR) is 104 cm³/mol. The van der Waals surface area contributed by atoms with Crippen LogP contribution in [0, 0.1) is 0 Å². The molecule has 8 heteroatoms. The molecule has 0 bridgehead atoms. The third kappa shape index (κ3) is 7.91. The summed E-state index contributed by atoms with van der Waals surface area (Å²) in [5, 5.41) is 20.9. The van der Waals surface area contributed by atoms with Crippen LogP contribution in [0.25, 0.3) is 0 Å². The molecule has 0 aromatic rings. The fourth-order valence-electron chi connectivity index (χ4n) is 4.26. The molecule has 0 radical (unpaired) electrons. The number of aliphatic hydroxyl groups is 2. The summed E-state index contributed by atoms with van der Waals surface area (Å²) in [5.74, 6) is 0. The van der Waals surface area contributed by atoms with Crippen molar-refractivity contribution in [3.63, 3.8) is 0 Å². The summed E-state index contributed by atoms with van der Waals surface area (Å²) in [5.41, 5.74) is 0. The van der Waals surface area contributed by atoms with Crippen LogP contribution in [0.1, 0.15) is 6.42 Å². The van der Waals surface area contributed by atoms with Gasteiger partial charge in [-0.15, -0.1) is 0 Å². The van der Waals surface area contributed by atoms with Crippen molar-refractivity contribution in [3.05, 3.63) is 0 Å². The van der Waals surface area contributed by atoms with Gasteiger partial charge in [-0.1, -0.05) is 0 Å². The van der Waals surface area contributed by atoms with Crippen LogP contribution in [0.2, 0.25) is 0 Å². The van der Waals surface area contributed by atoms with E-state index in [1.165, 1.54) is 0 Å². The average molecular weight is 387 g/mol. The van der Waals surface area contributed by atoms with E-state index in [4.69, 9.17) is 9.47 Å². The molecule has 3 aliphatic heterocycles. The molecule has 158 valence electrons. The molecular formula is C19H38N4O4. The fourth-order valence-corrected chi connectivity index (χ4v) is 4.26. The molecule has 0 aromatic carbocycles. The second-order valence-corrected chi connectivity index (χ2v) is 8.09. The number of nitrogens with zero attached hydrogens (tertiary/aromatic N) is 4. The van der Waals surface area contributed by atoms with Crippen LogP contribution in [0.15, 0.2) is 0 Å². The quantitative estimate of drug-likeness (QED) is 0.516. The lowest BCUT2D eigenvalue weighted by Crippen LogP contribution is -2.46. The lowest BCUT2D eigenvalue weighted by Gasteiger charge is -2.31. The van der Waals surface area contributed by atoms with Crippen molar-refractivity contribution in [2.75, 3.05) is 105 Å². The minimum Gasteiger partial charge on any atom is -0.390 e. The molecule has 8 nitrogen and oxygen atoms in total. The van der Waals surface area contributed by atoms with E-state index in [2.05, 4.69) is 19.6 Å². The smallest absolute Gasteiger partial charge is 0.0793 e. The average Bonchev–Trinajstić information content (AvgIpc) is 2.88. The number of rotatable bonds is 8. The number of aliphatic hydroxyl groups excluding tert-OH is 2. The first-order valence-electron chi connectivity index (χ1n) is 10.6. The predicted octanol–water partition coefficient (Wildman–Crippen LogP) is -1.62. The zero-order valence-electron chi connectivity index (χ0n) is 16.7. The Kier molecular flexibility index (Phi) is 9.21. The number of ether oxygens (including phenoxy) is 2. The van der Waals surface area contributed by atoms with Crippen molar-refractivity contribution in [2.24, 2.45) is 0 Å². The highest BCUT2D eigenvalue weighted by Crippen LogP contribution is 2.08. The third-order valence-electron chi connectivity index (χ3n) is 5.76. The SMILES string of the molecule is OC(CN1CCOCC1)CN1CCCN(CC(O)CN2CCOCC2)CC1. The van der Waals surface area contributed by atoms with Crippen molar-refractivity contribution in [3.8, 4) is 0 Å². The summed E-state index contributed by atoms with van der Waals surface area (Å²) < 4.78 is 10.7. The van der Waals surface area contributed by atoms with Crippen LogP contribution < -0.4 is 0 Å². The molecule has 27 heavy (non-hydrogen) atoms. The van der Waals surface area contributed by atoms with Crippen molar-refractivity contribution >= 4 is 0 Å². The van der Waals surface area contributed by atoms with Gasteiger partial charge in [-0.3, -0.25) is 19.6 Å². The van der Waals surface area contributed by atoms with Crippen LogP contribution in [0.5, 0.6) is 0 Å². The van der Waals surface area contributed by atoms with Gasteiger partial charge in [0.15, 0.2) is 0 Å². The third-order valence-corrected chi connectivity index (χ3v) is 5.76. The Hall–Kier alpha value is -0.320. The Morgan fingerprint density at radius 2 is 0.852 bits per heavy atom. The summed E-state index contributed by atoms with van der Waals surface area (Å²) in [6.45, 7) is 13.7. The first kappa shape index (κ1) is 21.4. The van der Waals surface area contributed by atoms with Crippen LogP contribution in [0.3, 0.4) is 0 Å². The highest BCUT2D eigenvalue weighted by Gasteiger charge is 2.22. The normalized spacial score (nSPS) is 27.3. The molecule has 0 aliphatic carbocycles. The van der Waals surface area contributed by atoms with E-state index in [1.807, 2.05) is 0 Å². The van der Waals surface area contributed by atoms with Crippen LogP contribution in [0.4, 0.5) is 0 Å². The highest BCUT2D eigenvalue weighted by molar-refractivity contribution is 4.77. The summed E-state index contributed by atoms with van der Waals surface area (Å²) in [4.78, 5) is 9.33. The van der Waals surface area contributed by atoms with Gasteiger partial charge in [0.05, 0.1) is 38.6 Å². The second-order valence-electron chi connectivity index (χ2n) is 8.09. The van der Waals surface area contributed by atoms with Gasteiger partial charge in [-0.05, 0) is 19.5 Å². The minimum absolute atomic E-state index is 0.304. The number of morpholine rings is 2. The van der Waals surface area contributed by atoms with Crippen molar-refractivity contribution < 1.29 is 19.7 Å². The largest absolute Gasteiger partial charge is 0.390 e. The number of hydrogen-bond acceptors (Lipinski definition) is 8. The maximum absolute atomic E-state index is 10.4. The van der Waals surface area contributed by atoms with Gasteiger partial charge in [0, 0.05) is 65.4 Å². The minimum atomic E-state index is -0.304. The number of β-amino-alcohol motifs (C(OH)–C–C–N with tert-alkyl or cyclic N) is 2. The molecule has 0 aromatic heterocycles. The monoisotopic (exact) mass is 386 g/mol. The van der Waals surface area contributed by atoms with Crippen LogP contribution >= 0.6 is 0 Å². The first-order chi connectivity index (χ1) is 13.2. The molecule has 2 atom stereocenters. The van der Waals surface area contributed by atoms with Crippen LogP contribution in [-0.4, -0.2) is 147 Å². The summed E-state index contributed by atoms with van der Waals surface area (Å²) in [6.07, 6.45) is 0.484. The lowest BCUT2D eigenvalue weighted by molar-refractivity contribution is 0.00504. The maximum Gasteiger partial charge on any atom is 0.0793 e. The Morgan fingerprint density at radius 3 is 1.22 bits per heavy atom. The standard InChI is InChI=1S/C19H38N4O4/c24-18(16-22-6-10-26-11-7-22)14-20-2-1-3-21(5-4-20)15-19(25)17-23-8-12-27-13-9-23/h18-19,24-25H,1-17H2. The second kappa shape index (κ2) is 11.6. The van der Waals surface area contributed by atoms with E-state index in [-0.39, 0.29) is 12.2 Å². The topological polar surface area (TPSA) is 71.9 Å². The molecule has 0 amide bonds. The van der Waals surface area contributed by atoms with Gasteiger partial charge in [-0.2, -0.15) is 0 Å². The first-order valence-corrected chi connectivity index (χ1v) is 10.6. The van der Waals surface area contributed by atoms with Gasteiger partial charge >= 0.3 is 0 Å². The highest BCUT2D eigenvalue weighted by atomic mass is 16.5.